The number of anilines is 1. The summed E-state index contributed by atoms with van der Waals surface area (Å²) >= 11 is 0. The Labute approximate surface area is 262 Å². The van der Waals surface area contributed by atoms with E-state index in [1.807, 2.05) is 30.3 Å². The summed E-state index contributed by atoms with van der Waals surface area (Å²) in [6.45, 7) is 4.91. The van der Waals surface area contributed by atoms with Gasteiger partial charge in [-0.1, -0.05) is 37.6 Å². The number of fused-ring (bicyclic) bond motifs is 1. The van der Waals surface area contributed by atoms with Gasteiger partial charge in [0, 0.05) is 29.9 Å². The third kappa shape index (κ3) is 8.27. The number of hydrogen-bond acceptors (Lipinski definition) is 7. The van der Waals surface area contributed by atoms with E-state index in [0.29, 0.717) is 40.7 Å². The van der Waals surface area contributed by atoms with Crippen LogP contribution < -0.4 is 30.2 Å². The molecule has 3 N–H and O–H groups in total. The molecule has 10 heteroatoms. The summed E-state index contributed by atoms with van der Waals surface area (Å²) < 4.78 is 32.8. The number of benzene rings is 3. The average Bonchev–Trinajstić information content (AvgIpc) is 3.07. The molecule has 0 bridgehead atoms. The first-order valence-electron chi connectivity index (χ1n) is 15.4. The van der Waals surface area contributed by atoms with E-state index in [-0.39, 0.29) is 18.0 Å². The Morgan fingerprint density at radius 3 is 2.44 bits per heavy atom. The SMILES string of the molecule is CCCCc1ccc(CNC(=O)C(=O)Nc2ccc(Oc3ccnc4c(OC)c(OCC5CCNCC5)ccc34)c(F)c2)cc1. The first-order valence-corrected chi connectivity index (χ1v) is 15.4. The summed E-state index contributed by atoms with van der Waals surface area (Å²) in [5, 5.41) is 9.01. The fourth-order valence-corrected chi connectivity index (χ4v) is 5.24. The first-order chi connectivity index (χ1) is 21.9. The molecule has 45 heavy (non-hydrogen) atoms. The standard InChI is InChI=1S/C35H39FN4O5/c1-3-4-5-23-6-8-24(9-7-23)21-39-34(41)35(42)40-26-10-12-30(28(36)20-26)45-29-16-19-38-32-27(29)11-13-31(33(32)43-2)44-22-25-14-17-37-18-15-25/h6-13,16,19-20,25,37H,3-5,14-15,17-18,21-22H2,1-2H3,(H,39,41)(H,40,42). The zero-order valence-corrected chi connectivity index (χ0v) is 25.7. The largest absolute Gasteiger partial charge is 0.491 e. The number of aryl methyl sites for hydroxylation is 1. The third-order valence-corrected chi connectivity index (χ3v) is 7.84. The van der Waals surface area contributed by atoms with E-state index in [1.165, 1.54) is 17.7 Å². The number of hydrogen-bond donors (Lipinski definition) is 3. The maximum Gasteiger partial charge on any atom is 0.313 e. The van der Waals surface area contributed by atoms with Crippen LogP contribution in [-0.4, -0.2) is 43.6 Å². The number of halogens is 1. The van der Waals surface area contributed by atoms with E-state index in [4.69, 9.17) is 14.2 Å². The Balaban J connectivity index is 1.20. The van der Waals surface area contributed by atoms with Crippen molar-refractivity contribution in [2.45, 2.75) is 45.6 Å². The molecule has 0 aliphatic carbocycles. The Morgan fingerprint density at radius 2 is 1.71 bits per heavy atom. The number of methoxy groups -OCH3 is 1. The molecule has 0 unspecified atom stereocenters. The second kappa shape index (κ2) is 15.3. The van der Waals surface area contributed by atoms with Gasteiger partial charge in [-0.3, -0.25) is 14.6 Å². The van der Waals surface area contributed by atoms with E-state index in [9.17, 15) is 9.59 Å². The molecule has 5 rings (SSSR count). The lowest BCUT2D eigenvalue weighted by Crippen LogP contribution is -2.34. The van der Waals surface area contributed by atoms with Crippen molar-refractivity contribution in [3.8, 4) is 23.0 Å². The maximum absolute atomic E-state index is 15.1. The van der Waals surface area contributed by atoms with Gasteiger partial charge >= 0.3 is 11.8 Å². The first kappa shape index (κ1) is 31.7. The normalized spacial score (nSPS) is 13.3. The number of piperidine rings is 1. The lowest BCUT2D eigenvalue weighted by Gasteiger charge is -2.23. The van der Waals surface area contributed by atoms with Crippen LogP contribution in [0.4, 0.5) is 10.1 Å². The minimum absolute atomic E-state index is 0.0578. The topological polar surface area (TPSA) is 111 Å². The summed E-state index contributed by atoms with van der Waals surface area (Å²) in [4.78, 5) is 29.3. The number of carbonyl (C=O) groups is 2. The molecule has 3 aromatic carbocycles. The van der Waals surface area contributed by atoms with Gasteiger partial charge in [0.2, 0.25) is 0 Å². The Hall–Kier alpha value is -4.70. The van der Waals surface area contributed by atoms with Crippen molar-refractivity contribution in [1.82, 2.24) is 15.6 Å². The van der Waals surface area contributed by atoms with Crippen LogP contribution >= 0.6 is 0 Å². The van der Waals surface area contributed by atoms with E-state index in [0.717, 1.165) is 56.8 Å². The van der Waals surface area contributed by atoms with E-state index in [2.05, 4.69) is 27.9 Å². The van der Waals surface area contributed by atoms with Gasteiger partial charge < -0.3 is 30.2 Å². The van der Waals surface area contributed by atoms with Gasteiger partial charge in [-0.25, -0.2) is 4.39 Å². The molecule has 0 saturated carbocycles. The fourth-order valence-electron chi connectivity index (χ4n) is 5.24. The number of rotatable bonds is 12. The molecule has 2 amide bonds. The highest BCUT2D eigenvalue weighted by Crippen LogP contribution is 2.40. The van der Waals surface area contributed by atoms with Crippen LogP contribution in [-0.2, 0) is 22.6 Å². The highest BCUT2D eigenvalue weighted by atomic mass is 19.1. The summed E-state index contributed by atoms with van der Waals surface area (Å²) in [7, 11) is 1.56. The van der Waals surface area contributed by atoms with Crippen LogP contribution in [0.15, 0.2) is 66.9 Å². The summed E-state index contributed by atoms with van der Waals surface area (Å²) in [5.74, 6) is -0.575. The van der Waals surface area contributed by atoms with Crippen molar-refractivity contribution in [3.05, 3.63) is 83.8 Å². The van der Waals surface area contributed by atoms with Crippen molar-refractivity contribution >= 4 is 28.4 Å². The van der Waals surface area contributed by atoms with Gasteiger partial charge in [-0.2, -0.15) is 0 Å². The van der Waals surface area contributed by atoms with Gasteiger partial charge in [0.1, 0.15) is 11.3 Å². The number of pyridine rings is 1. The van der Waals surface area contributed by atoms with Crippen LogP contribution in [0.25, 0.3) is 10.9 Å². The third-order valence-electron chi connectivity index (χ3n) is 7.84. The van der Waals surface area contributed by atoms with Gasteiger partial charge in [0.25, 0.3) is 0 Å². The van der Waals surface area contributed by atoms with Gasteiger partial charge in [0.15, 0.2) is 23.1 Å². The van der Waals surface area contributed by atoms with Crippen LogP contribution in [0, 0.1) is 11.7 Å². The van der Waals surface area contributed by atoms with Crippen molar-refractivity contribution in [2.75, 3.05) is 32.1 Å². The molecular formula is C35H39FN4O5. The maximum atomic E-state index is 15.1. The zero-order chi connectivity index (χ0) is 31.6. The molecule has 1 saturated heterocycles. The predicted molar refractivity (Wildman–Crippen MR) is 171 cm³/mol. The molecule has 0 atom stereocenters. The molecule has 0 radical (unpaired) electrons. The van der Waals surface area contributed by atoms with E-state index >= 15 is 4.39 Å². The highest BCUT2D eigenvalue weighted by Gasteiger charge is 2.19. The minimum Gasteiger partial charge on any atom is -0.491 e. The van der Waals surface area contributed by atoms with Crippen LogP contribution in [0.5, 0.6) is 23.0 Å². The molecule has 1 aromatic heterocycles. The fraction of sp³-hybridized carbons (Fsp3) is 0.343. The molecule has 9 nitrogen and oxygen atoms in total. The number of ether oxygens (including phenoxy) is 3. The number of amides is 2. The van der Waals surface area contributed by atoms with Crippen LogP contribution in [0.2, 0.25) is 0 Å². The lowest BCUT2D eigenvalue weighted by atomic mass is 9.99. The number of unbranched alkanes of at least 4 members (excludes halogenated alkanes) is 1. The second-order valence-electron chi connectivity index (χ2n) is 11.1. The number of carbonyl (C=O) groups excluding carboxylic acids is 2. The van der Waals surface area contributed by atoms with E-state index in [1.54, 1.807) is 25.4 Å². The van der Waals surface area contributed by atoms with Crippen molar-refractivity contribution < 1.29 is 28.2 Å². The number of aromatic nitrogens is 1. The van der Waals surface area contributed by atoms with Crippen molar-refractivity contribution in [2.24, 2.45) is 5.92 Å². The predicted octanol–water partition coefficient (Wildman–Crippen LogP) is 6.15. The van der Waals surface area contributed by atoms with Crippen molar-refractivity contribution in [3.63, 3.8) is 0 Å². The molecule has 1 aliphatic rings. The Morgan fingerprint density at radius 1 is 0.956 bits per heavy atom. The Bertz CT molecular complexity index is 1620. The van der Waals surface area contributed by atoms with Crippen molar-refractivity contribution in [1.29, 1.82) is 0 Å². The van der Waals surface area contributed by atoms with Gasteiger partial charge in [-0.05, 0) is 86.1 Å². The molecule has 0 spiro atoms. The molecule has 4 aromatic rings. The monoisotopic (exact) mass is 614 g/mol. The smallest absolute Gasteiger partial charge is 0.313 e. The lowest BCUT2D eigenvalue weighted by molar-refractivity contribution is -0.136. The molecule has 1 fully saturated rings. The summed E-state index contributed by atoms with van der Waals surface area (Å²) in [6, 6.07) is 17.1. The quantitative estimate of drug-likeness (QED) is 0.164. The average molecular weight is 615 g/mol. The number of nitrogens with one attached hydrogen (secondary N) is 3. The van der Waals surface area contributed by atoms with Crippen LogP contribution in [0.3, 0.4) is 0 Å². The molecule has 1 aliphatic heterocycles. The minimum atomic E-state index is -0.895. The zero-order valence-electron chi connectivity index (χ0n) is 25.7. The second-order valence-corrected chi connectivity index (χ2v) is 11.1. The van der Waals surface area contributed by atoms with Gasteiger partial charge in [0.05, 0.1) is 13.7 Å². The Kier molecular flexibility index (Phi) is 10.8. The molecule has 2 heterocycles. The summed E-state index contributed by atoms with van der Waals surface area (Å²) in [6.07, 6.45) is 6.93. The highest BCUT2D eigenvalue weighted by molar-refractivity contribution is 6.39. The molecular weight excluding hydrogens is 575 g/mol. The van der Waals surface area contributed by atoms with Gasteiger partial charge in [-0.15, -0.1) is 0 Å². The van der Waals surface area contributed by atoms with Crippen LogP contribution in [0.1, 0.15) is 43.7 Å². The summed E-state index contributed by atoms with van der Waals surface area (Å²) in [5.41, 5.74) is 2.77. The van der Waals surface area contributed by atoms with E-state index < -0.39 is 17.6 Å². The molecule has 236 valence electrons. The number of nitrogens with zero attached hydrogens (tertiary/aromatic N) is 1.